The summed E-state index contributed by atoms with van der Waals surface area (Å²) < 4.78 is 27.9. The van der Waals surface area contributed by atoms with E-state index in [1.54, 1.807) is 69.6 Å². The van der Waals surface area contributed by atoms with Crippen molar-refractivity contribution in [2.75, 3.05) is 39.3 Å². The van der Waals surface area contributed by atoms with Crippen LogP contribution in [0.25, 0.3) is 16.6 Å². The quantitative estimate of drug-likeness (QED) is 0.238. The van der Waals surface area contributed by atoms with Gasteiger partial charge in [0.25, 0.3) is 17.7 Å². The van der Waals surface area contributed by atoms with Gasteiger partial charge >= 0.3 is 0 Å². The van der Waals surface area contributed by atoms with E-state index in [-0.39, 0.29) is 47.8 Å². The molecular weight excluding hydrogens is 841 g/mol. The van der Waals surface area contributed by atoms with Crippen molar-refractivity contribution in [2.45, 2.75) is 38.5 Å². The van der Waals surface area contributed by atoms with Gasteiger partial charge in [0.15, 0.2) is 0 Å². The molecule has 18 heteroatoms. The number of nitrogens with zero attached hydrogens (tertiary/aromatic N) is 9. The van der Waals surface area contributed by atoms with Crippen LogP contribution in [0.2, 0.25) is 0 Å². The van der Waals surface area contributed by atoms with Crippen LogP contribution in [0.15, 0.2) is 129 Å². The molecule has 6 fully saturated rings. The van der Waals surface area contributed by atoms with E-state index in [2.05, 4.69) is 51.0 Å². The molecule has 3 N–H and O–H groups in total. The number of nitrogens with one attached hydrogen (secondary N) is 3. The number of hydrogen-bond acceptors (Lipinski definition) is 9. The van der Waals surface area contributed by atoms with Crippen LogP contribution in [0.1, 0.15) is 73.7 Å². The van der Waals surface area contributed by atoms with Gasteiger partial charge in [-0.2, -0.15) is 15.3 Å². The maximum atomic E-state index is 12.9. The number of rotatable bonds is 3. The number of carbonyl (C=O) groups excluding carboxylic acids is 6. The highest BCUT2D eigenvalue weighted by atomic mass is 16.2. The third kappa shape index (κ3) is 7.18. The van der Waals surface area contributed by atoms with Gasteiger partial charge in [-0.3, -0.25) is 28.8 Å². The van der Waals surface area contributed by atoms with Crippen LogP contribution in [0.5, 0.6) is 0 Å². The maximum absolute atomic E-state index is 12.9. The number of likely N-dealkylation sites (tertiary alicyclic amines) is 3. The summed E-state index contributed by atoms with van der Waals surface area (Å²) in [6, 6.07) is 14.2. The third-order valence-corrected chi connectivity index (χ3v) is 13.7. The van der Waals surface area contributed by atoms with Crippen LogP contribution in [0.4, 0.5) is 0 Å². The molecule has 6 aliphatic heterocycles. The van der Waals surface area contributed by atoms with Crippen LogP contribution in [-0.2, 0) is 14.4 Å². The molecule has 0 radical (unpaired) electrons. The summed E-state index contributed by atoms with van der Waals surface area (Å²) in [7, 11) is 0. The predicted octanol–water partition coefficient (Wildman–Crippen LogP) is 3.60. The lowest BCUT2D eigenvalue weighted by Crippen LogP contribution is -2.36. The lowest BCUT2D eigenvalue weighted by Gasteiger charge is -2.20. The summed E-state index contributed by atoms with van der Waals surface area (Å²) in [5.41, 5.74) is 3.70. The van der Waals surface area contributed by atoms with Crippen molar-refractivity contribution in [2.24, 2.45) is 16.2 Å². The van der Waals surface area contributed by atoms with Gasteiger partial charge < -0.3 is 30.7 Å². The summed E-state index contributed by atoms with van der Waals surface area (Å²) in [6.45, 7) is 14.2. The number of pyridine rings is 3. The molecule has 12 rings (SSSR count). The molecule has 6 amide bonds. The van der Waals surface area contributed by atoms with E-state index in [9.17, 15) is 28.8 Å². The topological polar surface area (TPSA) is 200 Å². The van der Waals surface area contributed by atoms with Crippen LogP contribution in [0.3, 0.4) is 0 Å². The molecule has 6 aliphatic rings. The minimum atomic E-state index is -0.558. The van der Waals surface area contributed by atoms with Crippen LogP contribution >= 0.6 is 0 Å². The van der Waals surface area contributed by atoms with Gasteiger partial charge in [-0.15, -0.1) is 0 Å². The summed E-state index contributed by atoms with van der Waals surface area (Å²) in [6.07, 6.45) is 10.1. The Hall–Kier alpha value is -7.89. The third-order valence-electron chi connectivity index (χ3n) is 13.7. The van der Waals surface area contributed by atoms with E-state index in [1.807, 2.05) is 6.07 Å². The molecule has 18 nitrogen and oxygen atoms in total. The van der Waals surface area contributed by atoms with E-state index in [1.165, 1.54) is 25.9 Å². The lowest BCUT2D eigenvalue weighted by atomic mass is 9.85. The van der Waals surface area contributed by atoms with Gasteiger partial charge in [-0.05, 0) is 55.6 Å². The summed E-state index contributed by atoms with van der Waals surface area (Å²) in [5.74, 6) is -0.627. The predicted molar refractivity (Wildman–Crippen MR) is 240 cm³/mol. The Morgan fingerprint density at radius 1 is 0.545 bits per heavy atom. The molecule has 3 spiro atoms. The van der Waals surface area contributed by atoms with E-state index in [0.29, 0.717) is 123 Å². The SMILES string of the molecule is [3H]c1ccc2c(C(=O)N3CCC4(CC(=C)NC4=O)C3)cnn2c1.[3H]c1cccc2c(C(=O)N3CCC4(CC(=C)NC4=O)C3)cnn12.[3H]c1nn2ccccc2c1C(=O)N1CCC2(CC(=C)NC2=O)C1. The molecule has 12 heterocycles. The summed E-state index contributed by atoms with van der Waals surface area (Å²) in [5, 5.41) is 20.6. The van der Waals surface area contributed by atoms with Gasteiger partial charge in [0.2, 0.25) is 17.7 Å². The first kappa shape index (κ1) is 38.6. The van der Waals surface area contributed by atoms with Gasteiger partial charge in [-0.1, -0.05) is 37.9 Å². The van der Waals surface area contributed by atoms with Gasteiger partial charge in [0.05, 0.1) is 72.2 Å². The number of fused-ring (bicyclic) bond motifs is 3. The molecule has 3 unspecified atom stereocenters. The first-order chi connectivity index (χ1) is 33.0. The van der Waals surface area contributed by atoms with Gasteiger partial charge in [0.1, 0.15) is 0 Å². The molecule has 6 aromatic heterocycles. The van der Waals surface area contributed by atoms with Crippen molar-refractivity contribution >= 4 is 52.0 Å². The highest BCUT2D eigenvalue weighted by molar-refractivity contribution is 6.03. The van der Waals surface area contributed by atoms with Crippen molar-refractivity contribution in [1.29, 1.82) is 0 Å². The minimum absolute atomic E-state index is 0.0310. The average molecular weight is 895 g/mol. The Labute approximate surface area is 382 Å². The fourth-order valence-corrected chi connectivity index (χ4v) is 10.2. The zero-order valence-electron chi connectivity index (χ0n) is 39.0. The molecule has 3 atom stereocenters. The van der Waals surface area contributed by atoms with Crippen molar-refractivity contribution in [1.82, 2.24) is 59.5 Å². The fourth-order valence-electron chi connectivity index (χ4n) is 10.2. The molecule has 6 aromatic rings. The summed E-state index contributed by atoms with van der Waals surface area (Å²) in [4.78, 5) is 80.1. The maximum Gasteiger partial charge on any atom is 0.257 e. The zero-order chi connectivity index (χ0) is 48.6. The highest BCUT2D eigenvalue weighted by Crippen LogP contribution is 2.43. The highest BCUT2D eigenvalue weighted by Gasteiger charge is 2.52. The van der Waals surface area contributed by atoms with Crippen molar-refractivity contribution in [3.05, 3.63) is 145 Å². The van der Waals surface area contributed by atoms with E-state index >= 15 is 0 Å². The number of hydrogen-bond donors (Lipinski definition) is 3. The van der Waals surface area contributed by atoms with Crippen molar-refractivity contribution < 1.29 is 32.9 Å². The smallest absolute Gasteiger partial charge is 0.257 e. The monoisotopic (exact) mass is 894 g/mol. The Morgan fingerprint density at radius 2 is 0.970 bits per heavy atom. The molecule has 0 bridgehead atoms. The number of aromatic nitrogens is 6. The van der Waals surface area contributed by atoms with E-state index in [4.69, 9.17) is 4.11 Å². The normalized spacial score (nSPS) is 25.1. The van der Waals surface area contributed by atoms with E-state index in [0.717, 1.165) is 11.4 Å². The Kier molecular flexibility index (Phi) is 9.33. The molecule has 66 heavy (non-hydrogen) atoms. The van der Waals surface area contributed by atoms with Crippen molar-refractivity contribution in [3.8, 4) is 0 Å². The van der Waals surface area contributed by atoms with Crippen molar-refractivity contribution in [3.63, 3.8) is 0 Å². The van der Waals surface area contributed by atoms with Gasteiger partial charge in [-0.25, -0.2) is 13.5 Å². The Bertz CT molecular complexity index is 3250. The second-order valence-corrected chi connectivity index (χ2v) is 18.0. The largest absolute Gasteiger partial charge is 0.337 e. The molecule has 0 saturated carbocycles. The Balaban J connectivity index is 0.000000120. The molecule has 6 saturated heterocycles. The first-order valence-corrected chi connectivity index (χ1v) is 21.7. The summed E-state index contributed by atoms with van der Waals surface area (Å²) >= 11 is 0. The van der Waals surface area contributed by atoms with E-state index < -0.39 is 16.2 Å². The average Bonchev–Trinajstić information content (AvgIpc) is 4.19. The number of carbonyl (C=O) groups is 6. The van der Waals surface area contributed by atoms with Gasteiger partial charge in [0, 0.05) is 94.2 Å². The van der Waals surface area contributed by atoms with Crippen LogP contribution in [-0.4, -0.2) is 118 Å². The molecule has 336 valence electrons. The second kappa shape index (κ2) is 16.0. The molecular formula is C48H48N12O6. The minimum Gasteiger partial charge on any atom is -0.337 e. The first-order valence-electron chi connectivity index (χ1n) is 23.2. The second-order valence-electron chi connectivity index (χ2n) is 18.0. The van der Waals surface area contributed by atoms with Crippen LogP contribution < -0.4 is 16.0 Å². The fraction of sp³-hybridized carbons (Fsp3) is 0.312. The number of amides is 6. The molecule has 0 aromatic carbocycles. The Morgan fingerprint density at radius 3 is 1.47 bits per heavy atom. The standard InChI is InChI=1S/3C16H16N4O2/c3*1-11-8-16(15(22)18-11)5-7-19(10-16)14(21)12-9-17-20-6-3-2-4-13(12)20/h3*2-4,6,9H,1,5,7-8,10H2,(H,18,22)/i9T;6T;3T. The van der Waals surface area contributed by atoms with Crippen LogP contribution in [0, 0.1) is 16.2 Å². The molecule has 0 aliphatic carbocycles. The number of allylic oxidation sites excluding steroid dienone is 3. The zero-order valence-corrected chi connectivity index (χ0v) is 36.0. The lowest BCUT2D eigenvalue weighted by molar-refractivity contribution is -0.127.